The van der Waals surface area contributed by atoms with Crippen LogP contribution in [0.15, 0.2) is 12.2 Å². The fourth-order valence-corrected chi connectivity index (χ4v) is 0.752. The second-order valence-electron chi connectivity index (χ2n) is 2.66. The van der Waals surface area contributed by atoms with Gasteiger partial charge in [0.25, 0.3) is 0 Å². The van der Waals surface area contributed by atoms with Gasteiger partial charge in [-0.05, 0) is 25.7 Å². The van der Waals surface area contributed by atoms with Gasteiger partial charge in [0.2, 0.25) is 0 Å². The summed E-state index contributed by atoms with van der Waals surface area (Å²) in [5, 5.41) is 0. The van der Waals surface area contributed by atoms with Gasteiger partial charge >= 0.3 is 0 Å². The van der Waals surface area contributed by atoms with Crippen molar-refractivity contribution in [1.29, 1.82) is 0 Å². The first-order chi connectivity index (χ1) is 4.31. The first-order valence-corrected chi connectivity index (χ1v) is 3.92. The highest BCUT2D eigenvalue weighted by Crippen LogP contribution is 2.08. The molecule has 1 atom stereocenters. The number of hydrogen-bond donors (Lipinski definition) is 0. The van der Waals surface area contributed by atoms with Gasteiger partial charge in [-0.3, -0.25) is 0 Å². The van der Waals surface area contributed by atoms with E-state index in [1.54, 1.807) is 0 Å². The van der Waals surface area contributed by atoms with Crippen molar-refractivity contribution in [3.8, 4) is 0 Å². The summed E-state index contributed by atoms with van der Waals surface area (Å²) < 4.78 is 0. The second kappa shape index (κ2) is 5.87. The quantitative estimate of drug-likeness (QED) is 0.506. The van der Waals surface area contributed by atoms with Gasteiger partial charge in [0.15, 0.2) is 0 Å². The van der Waals surface area contributed by atoms with Crippen LogP contribution in [0.2, 0.25) is 0 Å². The molecular formula is C9H18. The third-order valence-electron chi connectivity index (χ3n) is 1.76. The molecule has 0 radical (unpaired) electrons. The highest BCUT2D eigenvalue weighted by Gasteiger charge is 1.93. The molecule has 1 unspecified atom stereocenters. The van der Waals surface area contributed by atoms with Gasteiger partial charge in [-0.1, -0.05) is 32.4 Å². The largest absolute Gasteiger partial charge is 0.0917 e. The Hall–Kier alpha value is -0.260. The zero-order valence-electron chi connectivity index (χ0n) is 6.85. The van der Waals surface area contributed by atoms with E-state index in [0.29, 0.717) is 0 Å². The summed E-state index contributed by atoms with van der Waals surface area (Å²) in [4.78, 5) is 0. The molecule has 0 nitrogen and oxygen atoms in total. The molecule has 0 aliphatic carbocycles. The smallest absolute Gasteiger partial charge is 0.0348 e. The molecule has 0 bridgehead atoms. The molecule has 0 aromatic carbocycles. The summed E-state index contributed by atoms with van der Waals surface area (Å²) >= 11 is 0. The van der Waals surface area contributed by atoms with E-state index in [1.807, 2.05) is 0 Å². The number of rotatable bonds is 4. The molecule has 0 aliphatic rings. The lowest BCUT2D eigenvalue weighted by Gasteiger charge is -2.03. The van der Waals surface area contributed by atoms with Crippen LogP contribution in [0.5, 0.6) is 0 Å². The lowest BCUT2D eigenvalue weighted by molar-refractivity contribution is 0.521. The molecule has 9 heavy (non-hydrogen) atoms. The summed E-state index contributed by atoms with van der Waals surface area (Å²) in [5.74, 6) is 0.904. The Morgan fingerprint density at radius 3 is 2.56 bits per heavy atom. The Kier molecular flexibility index (Phi) is 5.70. The summed E-state index contributed by atoms with van der Waals surface area (Å²) in [6.45, 7) is 6.64. The summed E-state index contributed by atoms with van der Waals surface area (Å²) in [7, 11) is 0. The molecule has 0 rings (SSSR count). The van der Waals surface area contributed by atoms with E-state index >= 15 is 0 Å². The summed E-state index contributed by atoms with van der Waals surface area (Å²) in [6, 6.07) is 0. The van der Waals surface area contributed by atoms with Crippen molar-refractivity contribution in [2.75, 3.05) is 0 Å². The van der Waals surface area contributed by atoms with Crippen LogP contribution in [0.25, 0.3) is 0 Å². The Morgan fingerprint density at radius 2 is 2.11 bits per heavy atom. The molecular weight excluding hydrogens is 108 g/mol. The van der Waals surface area contributed by atoms with Crippen LogP contribution in [0, 0.1) is 5.92 Å². The van der Waals surface area contributed by atoms with Crippen molar-refractivity contribution in [1.82, 2.24) is 0 Å². The van der Waals surface area contributed by atoms with E-state index in [2.05, 4.69) is 32.9 Å². The minimum Gasteiger partial charge on any atom is -0.0917 e. The molecule has 0 heteroatoms. The maximum atomic E-state index is 2.31. The summed E-state index contributed by atoms with van der Waals surface area (Å²) in [5.41, 5.74) is 0. The molecule has 0 N–H and O–H groups in total. The monoisotopic (exact) mass is 126 g/mol. The first-order valence-electron chi connectivity index (χ1n) is 3.92. The van der Waals surface area contributed by atoms with E-state index in [1.165, 1.54) is 19.3 Å². The van der Waals surface area contributed by atoms with Gasteiger partial charge in [-0.15, -0.1) is 0 Å². The first kappa shape index (κ1) is 8.74. The standard InChI is InChI=1S/C9H18/c1-4-6-7-8-9(3)5-2/h4,6,9H,5,7-8H2,1-3H3/b6-4-. The lowest BCUT2D eigenvalue weighted by atomic mass is 10.0. The zero-order valence-corrected chi connectivity index (χ0v) is 6.85. The van der Waals surface area contributed by atoms with E-state index < -0.39 is 0 Å². The minimum absolute atomic E-state index is 0.904. The number of hydrogen-bond acceptors (Lipinski definition) is 0. The molecule has 0 amide bonds. The van der Waals surface area contributed by atoms with Crippen LogP contribution < -0.4 is 0 Å². The highest BCUT2D eigenvalue weighted by molar-refractivity contribution is 4.76. The SMILES string of the molecule is C/C=C\CCC(C)CC. The molecule has 0 heterocycles. The van der Waals surface area contributed by atoms with Crippen molar-refractivity contribution >= 4 is 0 Å². The van der Waals surface area contributed by atoms with Crippen LogP contribution in [0.4, 0.5) is 0 Å². The Labute approximate surface area is 59.0 Å². The molecule has 0 spiro atoms. The topological polar surface area (TPSA) is 0 Å². The zero-order chi connectivity index (χ0) is 7.11. The van der Waals surface area contributed by atoms with Crippen LogP contribution in [-0.4, -0.2) is 0 Å². The van der Waals surface area contributed by atoms with Gasteiger partial charge in [0.05, 0.1) is 0 Å². The Balaban J connectivity index is 3.06. The van der Waals surface area contributed by atoms with Crippen LogP contribution >= 0.6 is 0 Å². The molecule has 0 saturated carbocycles. The summed E-state index contributed by atoms with van der Waals surface area (Å²) in [6.07, 6.45) is 8.29. The van der Waals surface area contributed by atoms with Crippen molar-refractivity contribution in [2.45, 2.75) is 40.0 Å². The maximum absolute atomic E-state index is 2.31. The van der Waals surface area contributed by atoms with E-state index in [4.69, 9.17) is 0 Å². The van der Waals surface area contributed by atoms with Crippen LogP contribution in [0.3, 0.4) is 0 Å². The second-order valence-corrected chi connectivity index (χ2v) is 2.66. The van der Waals surface area contributed by atoms with E-state index in [-0.39, 0.29) is 0 Å². The average Bonchev–Trinajstić information content (AvgIpc) is 1.89. The predicted molar refractivity (Wildman–Crippen MR) is 43.5 cm³/mol. The van der Waals surface area contributed by atoms with Crippen LogP contribution in [-0.2, 0) is 0 Å². The molecule has 0 aromatic heterocycles. The Bertz CT molecular complexity index is 72.1. The van der Waals surface area contributed by atoms with Crippen molar-refractivity contribution in [3.05, 3.63) is 12.2 Å². The molecule has 0 saturated heterocycles. The van der Waals surface area contributed by atoms with Gasteiger partial charge in [-0.2, -0.15) is 0 Å². The molecule has 0 aliphatic heterocycles. The average molecular weight is 126 g/mol. The van der Waals surface area contributed by atoms with Crippen molar-refractivity contribution in [2.24, 2.45) is 5.92 Å². The van der Waals surface area contributed by atoms with Crippen molar-refractivity contribution < 1.29 is 0 Å². The van der Waals surface area contributed by atoms with Gasteiger partial charge in [-0.25, -0.2) is 0 Å². The van der Waals surface area contributed by atoms with E-state index in [0.717, 1.165) is 5.92 Å². The normalized spacial score (nSPS) is 14.6. The molecule has 54 valence electrons. The van der Waals surface area contributed by atoms with E-state index in [9.17, 15) is 0 Å². The van der Waals surface area contributed by atoms with Crippen LogP contribution in [0.1, 0.15) is 40.0 Å². The Morgan fingerprint density at radius 1 is 1.44 bits per heavy atom. The molecule has 0 aromatic rings. The number of allylic oxidation sites excluding steroid dienone is 2. The maximum Gasteiger partial charge on any atom is -0.0348 e. The third-order valence-corrected chi connectivity index (χ3v) is 1.76. The van der Waals surface area contributed by atoms with Crippen molar-refractivity contribution in [3.63, 3.8) is 0 Å². The van der Waals surface area contributed by atoms with Gasteiger partial charge < -0.3 is 0 Å². The predicted octanol–water partition coefficient (Wildman–Crippen LogP) is 3.39. The minimum atomic E-state index is 0.904. The van der Waals surface area contributed by atoms with Gasteiger partial charge in [0, 0.05) is 0 Å². The lowest BCUT2D eigenvalue weighted by Crippen LogP contribution is -1.89. The highest BCUT2D eigenvalue weighted by atomic mass is 14.0. The molecule has 0 fully saturated rings. The van der Waals surface area contributed by atoms with Gasteiger partial charge in [0.1, 0.15) is 0 Å². The fraction of sp³-hybridized carbons (Fsp3) is 0.778. The third kappa shape index (κ3) is 5.61. The fourth-order valence-electron chi connectivity index (χ4n) is 0.752.